The fourth-order valence-electron chi connectivity index (χ4n) is 3.71. The van der Waals surface area contributed by atoms with Gasteiger partial charge in [-0.05, 0) is 43.9 Å². The molecular formula is C20H22Cl2FN7O. The maximum absolute atomic E-state index is 14.8. The number of benzene rings is 1. The van der Waals surface area contributed by atoms with Gasteiger partial charge < -0.3 is 16.0 Å². The summed E-state index contributed by atoms with van der Waals surface area (Å²) in [4.78, 5) is 23.5. The average molecular weight is 466 g/mol. The molecule has 1 saturated carbocycles. The highest BCUT2D eigenvalue weighted by Gasteiger charge is 2.31. The summed E-state index contributed by atoms with van der Waals surface area (Å²) in [6.07, 6.45) is 3.37. The number of hydrogen-bond donors (Lipinski definition) is 3. The zero-order valence-electron chi connectivity index (χ0n) is 16.6. The Balaban J connectivity index is 0.00000231. The molecule has 4 N–H and O–H groups in total. The lowest BCUT2D eigenvalue weighted by atomic mass is 10.1. The number of rotatable bonds is 4. The van der Waals surface area contributed by atoms with E-state index in [2.05, 4.69) is 25.5 Å². The summed E-state index contributed by atoms with van der Waals surface area (Å²) < 4.78 is 14.8. The molecule has 0 spiro atoms. The number of amides is 1. The molecule has 3 heterocycles. The third kappa shape index (κ3) is 4.30. The van der Waals surface area contributed by atoms with Gasteiger partial charge in [0.05, 0.1) is 11.2 Å². The number of aromatic nitrogens is 4. The molecule has 8 nitrogen and oxygen atoms in total. The molecule has 0 atom stereocenters. The molecule has 31 heavy (non-hydrogen) atoms. The molecule has 1 aromatic carbocycles. The van der Waals surface area contributed by atoms with Crippen molar-refractivity contribution in [3.8, 4) is 0 Å². The van der Waals surface area contributed by atoms with Crippen LogP contribution in [0.3, 0.4) is 0 Å². The van der Waals surface area contributed by atoms with E-state index in [-0.39, 0.29) is 47.7 Å². The van der Waals surface area contributed by atoms with Gasteiger partial charge in [-0.1, -0.05) is 11.6 Å². The Labute approximate surface area is 189 Å². The van der Waals surface area contributed by atoms with Gasteiger partial charge in [-0.15, -0.1) is 12.4 Å². The highest BCUT2D eigenvalue weighted by molar-refractivity contribution is 6.31. The van der Waals surface area contributed by atoms with Crippen LogP contribution in [0, 0.1) is 5.82 Å². The second-order valence-electron chi connectivity index (χ2n) is 7.89. The molecule has 1 saturated heterocycles. The molecule has 1 aliphatic carbocycles. The van der Waals surface area contributed by atoms with Gasteiger partial charge in [0.15, 0.2) is 11.6 Å². The Morgan fingerprint density at radius 2 is 1.94 bits per heavy atom. The number of hydrogen-bond acceptors (Lipinski definition) is 6. The lowest BCUT2D eigenvalue weighted by Gasteiger charge is -2.29. The van der Waals surface area contributed by atoms with Crippen molar-refractivity contribution in [3.63, 3.8) is 0 Å². The normalized spacial score (nSPS) is 16.9. The molecule has 2 fully saturated rings. The van der Waals surface area contributed by atoms with Crippen molar-refractivity contribution < 1.29 is 9.18 Å². The van der Waals surface area contributed by atoms with E-state index in [1.807, 2.05) is 0 Å². The van der Waals surface area contributed by atoms with E-state index in [9.17, 15) is 9.18 Å². The predicted octanol–water partition coefficient (Wildman–Crippen LogP) is 3.75. The highest BCUT2D eigenvalue weighted by Crippen LogP contribution is 2.41. The minimum absolute atomic E-state index is 0. The summed E-state index contributed by atoms with van der Waals surface area (Å²) >= 11 is 6.15. The van der Waals surface area contributed by atoms with Crippen LogP contribution in [-0.2, 0) is 0 Å². The van der Waals surface area contributed by atoms with E-state index in [4.69, 9.17) is 17.3 Å². The number of halogens is 3. The van der Waals surface area contributed by atoms with Crippen molar-refractivity contribution >= 4 is 52.5 Å². The van der Waals surface area contributed by atoms with E-state index in [1.165, 1.54) is 0 Å². The number of H-pyrrole nitrogens is 1. The number of fused-ring (bicyclic) bond motifs is 1. The molecule has 1 aliphatic heterocycles. The summed E-state index contributed by atoms with van der Waals surface area (Å²) in [6.45, 7) is 1.12. The van der Waals surface area contributed by atoms with Gasteiger partial charge in [-0.2, -0.15) is 5.10 Å². The molecule has 11 heteroatoms. The number of carbonyl (C=O) groups excluding carboxylic acids is 1. The smallest absolute Gasteiger partial charge is 0.291 e. The summed E-state index contributed by atoms with van der Waals surface area (Å²) in [6, 6.07) is 5.19. The molecule has 164 valence electrons. The second-order valence-corrected chi connectivity index (χ2v) is 8.32. The van der Waals surface area contributed by atoms with Gasteiger partial charge in [-0.3, -0.25) is 9.89 Å². The molecule has 2 aliphatic rings. The summed E-state index contributed by atoms with van der Waals surface area (Å²) in [5.74, 6) is -0.146. The molecule has 0 unspecified atom stereocenters. The van der Waals surface area contributed by atoms with Crippen molar-refractivity contribution in [2.45, 2.75) is 37.6 Å². The van der Waals surface area contributed by atoms with Gasteiger partial charge in [0.1, 0.15) is 5.82 Å². The molecule has 5 rings (SSSR count). The minimum Gasteiger partial charge on any atom is -0.336 e. The van der Waals surface area contributed by atoms with Crippen LogP contribution in [0.2, 0.25) is 5.02 Å². The average Bonchev–Trinajstić information content (AvgIpc) is 3.52. The van der Waals surface area contributed by atoms with Crippen LogP contribution in [0.15, 0.2) is 18.2 Å². The summed E-state index contributed by atoms with van der Waals surface area (Å²) in [5, 5.41) is 10.8. The first kappa shape index (κ1) is 21.7. The Morgan fingerprint density at radius 3 is 2.65 bits per heavy atom. The van der Waals surface area contributed by atoms with E-state index in [0.717, 1.165) is 25.7 Å². The number of nitrogens with zero attached hydrogens (tertiary/aromatic N) is 4. The largest absolute Gasteiger partial charge is 0.336 e. The number of aromatic amines is 1. The summed E-state index contributed by atoms with van der Waals surface area (Å²) in [7, 11) is 0. The van der Waals surface area contributed by atoms with Crippen molar-refractivity contribution in [3.05, 3.63) is 40.6 Å². The Hall–Kier alpha value is -2.49. The fourth-order valence-corrected chi connectivity index (χ4v) is 3.89. The molecular weight excluding hydrogens is 444 g/mol. The lowest BCUT2D eigenvalue weighted by Crippen LogP contribution is -2.43. The molecule has 0 radical (unpaired) electrons. The topological polar surface area (TPSA) is 113 Å². The van der Waals surface area contributed by atoms with Gasteiger partial charge in [0.2, 0.25) is 5.82 Å². The first-order valence-corrected chi connectivity index (χ1v) is 10.4. The first-order valence-electron chi connectivity index (χ1n) is 10.0. The Kier molecular flexibility index (Phi) is 6.00. The van der Waals surface area contributed by atoms with Crippen molar-refractivity contribution in [1.29, 1.82) is 0 Å². The lowest BCUT2D eigenvalue weighted by molar-refractivity contribution is 0.0703. The number of piperidine rings is 1. The van der Waals surface area contributed by atoms with Crippen LogP contribution in [0.4, 0.5) is 16.0 Å². The standard InChI is InChI=1S/C20H21ClFN7O.ClH/c21-11-3-4-14-13(9-11)17(25-18-15(22)16(27-28-18)10-1-2-10)26-19(24-14)20(30)29-7-5-12(23)6-8-29;/h3-4,9-10,12H,1-2,5-8,23H2,(H2,24,25,26,27,28);1H. The van der Waals surface area contributed by atoms with Crippen LogP contribution in [0.1, 0.15) is 47.9 Å². The van der Waals surface area contributed by atoms with Crippen molar-refractivity contribution in [1.82, 2.24) is 25.1 Å². The van der Waals surface area contributed by atoms with Crippen molar-refractivity contribution in [2.24, 2.45) is 5.73 Å². The van der Waals surface area contributed by atoms with E-state index in [0.29, 0.717) is 34.7 Å². The van der Waals surface area contributed by atoms with Gasteiger partial charge in [-0.25, -0.2) is 14.4 Å². The first-order chi connectivity index (χ1) is 14.5. The molecule has 3 aromatic rings. The number of likely N-dealkylation sites (tertiary alicyclic amines) is 1. The zero-order valence-corrected chi connectivity index (χ0v) is 18.1. The maximum atomic E-state index is 14.8. The van der Waals surface area contributed by atoms with Gasteiger partial charge >= 0.3 is 0 Å². The highest BCUT2D eigenvalue weighted by atomic mass is 35.5. The van der Waals surface area contributed by atoms with Crippen LogP contribution < -0.4 is 11.1 Å². The zero-order chi connectivity index (χ0) is 20.8. The monoisotopic (exact) mass is 465 g/mol. The summed E-state index contributed by atoms with van der Waals surface area (Å²) in [5.41, 5.74) is 6.97. The van der Waals surface area contributed by atoms with Crippen molar-refractivity contribution in [2.75, 3.05) is 18.4 Å². The number of nitrogens with two attached hydrogens (primary N) is 1. The van der Waals surface area contributed by atoms with Crippen LogP contribution in [0.5, 0.6) is 0 Å². The van der Waals surface area contributed by atoms with Crippen LogP contribution in [-0.4, -0.2) is 50.1 Å². The molecule has 1 amide bonds. The molecule has 0 bridgehead atoms. The maximum Gasteiger partial charge on any atom is 0.291 e. The Morgan fingerprint density at radius 1 is 1.19 bits per heavy atom. The Bertz CT molecular complexity index is 1130. The predicted molar refractivity (Wildman–Crippen MR) is 119 cm³/mol. The van der Waals surface area contributed by atoms with E-state index in [1.54, 1.807) is 23.1 Å². The van der Waals surface area contributed by atoms with E-state index >= 15 is 0 Å². The van der Waals surface area contributed by atoms with Crippen LogP contribution in [0.25, 0.3) is 10.9 Å². The van der Waals surface area contributed by atoms with Crippen LogP contribution >= 0.6 is 24.0 Å². The number of anilines is 2. The minimum atomic E-state index is -0.427. The second kappa shape index (κ2) is 8.57. The quantitative estimate of drug-likeness (QED) is 0.540. The molecule has 2 aromatic heterocycles. The third-order valence-electron chi connectivity index (χ3n) is 5.63. The number of nitrogens with one attached hydrogen (secondary N) is 2. The van der Waals surface area contributed by atoms with Gasteiger partial charge in [0.25, 0.3) is 5.91 Å². The van der Waals surface area contributed by atoms with Gasteiger partial charge in [0, 0.05) is 35.5 Å². The SMILES string of the molecule is Cl.NC1CCN(C(=O)c2nc(Nc3n[nH]c(C4CC4)c3F)c3cc(Cl)ccc3n2)CC1. The third-order valence-corrected chi connectivity index (χ3v) is 5.87. The fraction of sp³-hybridized carbons (Fsp3) is 0.400. The number of carbonyl (C=O) groups is 1. The van der Waals surface area contributed by atoms with E-state index < -0.39 is 5.82 Å².